The molecule has 0 saturated carbocycles. The van der Waals surface area contributed by atoms with Crippen molar-refractivity contribution >= 4 is 5.91 Å². The molecule has 0 N–H and O–H groups in total. The predicted molar refractivity (Wildman–Crippen MR) is 93.1 cm³/mol. The second-order valence-electron chi connectivity index (χ2n) is 5.54. The Balaban J connectivity index is 1.76. The average molecular weight is 355 g/mol. The monoisotopic (exact) mass is 355 g/mol. The van der Waals surface area contributed by atoms with E-state index in [4.69, 9.17) is 9.26 Å². The van der Waals surface area contributed by atoms with E-state index >= 15 is 0 Å². The fourth-order valence-corrected chi connectivity index (χ4v) is 2.47. The van der Waals surface area contributed by atoms with Gasteiger partial charge in [0.2, 0.25) is 11.7 Å². The zero-order valence-electron chi connectivity index (χ0n) is 14.5. The van der Waals surface area contributed by atoms with E-state index < -0.39 is 11.7 Å². The maximum atomic E-state index is 13.9. The van der Waals surface area contributed by atoms with Gasteiger partial charge >= 0.3 is 0 Å². The Morgan fingerprint density at radius 2 is 1.92 bits per heavy atom. The minimum absolute atomic E-state index is 0.0178. The van der Waals surface area contributed by atoms with Gasteiger partial charge < -0.3 is 14.2 Å². The SMILES string of the molecule is CCN(Cc1nc(-c2ccc(OC)cc2)no1)C(=O)c1ccccc1F. The van der Waals surface area contributed by atoms with Gasteiger partial charge in [-0.05, 0) is 43.3 Å². The highest BCUT2D eigenvalue weighted by molar-refractivity contribution is 5.94. The third-order valence-corrected chi connectivity index (χ3v) is 3.92. The maximum absolute atomic E-state index is 13.9. The van der Waals surface area contributed by atoms with Crippen LogP contribution in [0.3, 0.4) is 0 Å². The quantitative estimate of drug-likeness (QED) is 0.676. The lowest BCUT2D eigenvalue weighted by Gasteiger charge is -2.19. The van der Waals surface area contributed by atoms with Crippen LogP contribution in [-0.2, 0) is 6.54 Å². The number of aromatic nitrogens is 2. The number of hydrogen-bond acceptors (Lipinski definition) is 5. The summed E-state index contributed by atoms with van der Waals surface area (Å²) in [5, 5.41) is 3.94. The van der Waals surface area contributed by atoms with Crippen molar-refractivity contribution in [3.05, 3.63) is 65.8 Å². The molecule has 0 unspecified atom stereocenters. The van der Waals surface area contributed by atoms with Crippen LogP contribution in [0.25, 0.3) is 11.4 Å². The smallest absolute Gasteiger partial charge is 0.257 e. The molecule has 3 rings (SSSR count). The third-order valence-electron chi connectivity index (χ3n) is 3.92. The van der Waals surface area contributed by atoms with E-state index in [1.807, 2.05) is 12.1 Å². The molecule has 7 heteroatoms. The number of benzene rings is 2. The third kappa shape index (κ3) is 3.72. The molecule has 1 aromatic heterocycles. The van der Waals surface area contributed by atoms with Crippen LogP contribution in [0.2, 0.25) is 0 Å². The summed E-state index contributed by atoms with van der Waals surface area (Å²) in [6.45, 7) is 2.29. The minimum atomic E-state index is -0.555. The molecule has 0 bridgehead atoms. The summed E-state index contributed by atoms with van der Waals surface area (Å²) in [6.07, 6.45) is 0. The molecule has 0 aliphatic rings. The molecule has 0 spiro atoms. The second kappa shape index (κ2) is 7.77. The van der Waals surface area contributed by atoms with Crippen LogP contribution in [0.5, 0.6) is 5.75 Å². The van der Waals surface area contributed by atoms with Gasteiger partial charge in [0.1, 0.15) is 18.1 Å². The summed E-state index contributed by atoms with van der Waals surface area (Å²) in [6, 6.07) is 13.1. The van der Waals surface area contributed by atoms with Crippen molar-refractivity contribution < 1.29 is 18.4 Å². The van der Waals surface area contributed by atoms with E-state index in [9.17, 15) is 9.18 Å². The first-order valence-electron chi connectivity index (χ1n) is 8.13. The van der Waals surface area contributed by atoms with Gasteiger partial charge in [0.05, 0.1) is 12.7 Å². The lowest BCUT2D eigenvalue weighted by molar-refractivity contribution is 0.0730. The van der Waals surface area contributed by atoms with Gasteiger partial charge in [0.15, 0.2) is 0 Å². The van der Waals surface area contributed by atoms with E-state index in [0.717, 1.165) is 11.3 Å². The van der Waals surface area contributed by atoms with Gasteiger partial charge in [0, 0.05) is 12.1 Å². The van der Waals surface area contributed by atoms with Crippen LogP contribution in [0.1, 0.15) is 23.2 Å². The number of nitrogens with zero attached hydrogens (tertiary/aromatic N) is 3. The Bertz CT molecular complexity index is 893. The predicted octanol–water partition coefficient (Wildman–Crippen LogP) is 3.55. The van der Waals surface area contributed by atoms with Gasteiger partial charge in [-0.2, -0.15) is 4.98 Å². The van der Waals surface area contributed by atoms with Crippen molar-refractivity contribution in [1.82, 2.24) is 15.0 Å². The van der Waals surface area contributed by atoms with Crippen LogP contribution in [-0.4, -0.2) is 34.6 Å². The highest BCUT2D eigenvalue weighted by Gasteiger charge is 2.20. The average Bonchev–Trinajstić information content (AvgIpc) is 3.14. The van der Waals surface area contributed by atoms with Crippen molar-refractivity contribution in [2.75, 3.05) is 13.7 Å². The lowest BCUT2D eigenvalue weighted by Crippen LogP contribution is -2.31. The first-order chi connectivity index (χ1) is 12.6. The molecule has 1 heterocycles. The van der Waals surface area contributed by atoms with Crippen molar-refractivity contribution in [3.8, 4) is 17.1 Å². The molecule has 0 aliphatic carbocycles. The summed E-state index contributed by atoms with van der Waals surface area (Å²) in [4.78, 5) is 18.3. The summed E-state index contributed by atoms with van der Waals surface area (Å²) in [5.41, 5.74) is 0.786. The number of ether oxygens (including phenoxy) is 1. The summed E-state index contributed by atoms with van der Waals surface area (Å²) in [7, 11) is 1.59. The highest BCUT2D eigenvalue weighted by Crippen LogP contribution is 2.20. The number of carbonyl (C=O) groups is 1. The Hall–Kier alpha value is -3.22. The number of halogens is 1. The number of rotatable bonds is 6. The molecule has 0 fully saturated rings. The van der Waals surface area contributed by atoms with E-state index in [1.165, 1.54) is 17.0 Å². The molecule has 0 saturated heterocycles. The molecule has 0 radical (unpaired) electrons. The van der Waals surface area contributed by atoms with Gasteiger partial charge in [-0.25, -0.2) is 4.39 Å². The molecule has 6 nitrogen and oxygen atoms in total. The topological polar surface area (TPSA) is 68.5 Å². The minimum Gasteiger partial charge on any atom is -0.497 e. The molecular formula is C19H18FN3O3. The molecule has 26 heavy (non-hydrogen) atoms. The summed E-state index contributed by atoms with van der Waals surface area (Å²) in [5.74, 6) is 0.444. The Kier molecular flexibility index (Phi) is 5.26. The highest BCUT2D eigenvalue weighted by atomic mass is 19.1. The van der Waals surface area contributed by atoms with E-state index in [-0.39, 0.29) is 18.0 Å². The molecule has 3 aromatic rings. The molecular weight excluding hydrogens is 337 g/mol. The van der Waals surface area contributed by atoms with Crippen LogP contribution in [0.15, 0.2) is 53.1 Å². The van der Waals surface area contributed by atoms with Crippen molar-refractivity contribution in [3.63, 3.8) is 0 Å². The fraction of sp³-hybridized carbons (Fsp3) is 0.211. The Morgan fingerprint density at radius 3 is 2.58 bits per heavy atom. The van der Waals surface area contributed by atoms with Crippen molar-refractivity contribution in [1.29, 1.82) is 0 Å². The number of hydrogen-bond donors (Lipinski definition) is 0. The lowest BCUT2D eigenvalue weighted by atomic mass is 10.2. The van der Waals surface area contributed by atoms with Crippen LogP contribution in [0.4, 0.5) is 4.39 Å². The van der Waals surface area contributed by atoms with E-state index in [1.54, 1.807) is 38.3 Å². The number of amides is 1. The van der Waals surface area contributed by atoms with Gasteiger partial charge in [-0.15, -0.1) is 0 Å². The molecule has 134 valence electrons. The number of carbonyl (C=O) groups excluding carboxylic acids is 1. The van der Waals surface area contributed by atoms with Crippen LogP contribution >= 0.6 is 0 Å². The second-order valence-corrected chi connectivity index (χ2v) is 5.54. The van der Waals surface area contributed by atoms with E-state index in [2.05, 4.69) is 10.1 Å². The fourth-order valence-electron chi connectivity index (χ4n) is 2.47. The van der Waals surface area contributed by atoms with Gasteiger partial charge in [0.25, 0.3) is 5.91 Å². The number of methoxy groups -OCH3 is 1. The standard InChI is InChI=1S/C19H18FN3O3/c1-3-23(19(24)15-6-4-5-7-16(15)20)12-17-21-18(22-26-17)13-8-10-14(25-2)11-9-13/h4-11H,3,12H2,1-2H3. The van der Waals surface area contributed by atoms with Gasteiger partial charge in [-0.1, -0.05) is 17.3 Å². The van der Waals surface area contributed by atoms with Crippen LogP contribution < -0.4 is 4.74 Å². The molecule has 1 amide bonds. The summed E-state index contributed by atoms with van der Waals surface area (Å²) >= 11 is 0. The van der Waals surface area contributed by atoms with Crippen molar-refractivity contribution in [2.24, 2.45) is 0 Å². The zero-order valence-corrected chi connectivity index (χ0v) is 14.5. The maximum Gasteiger partial charge on any atom is 0.257 e. The largest absolute Gasteiger partial charge is 0.497 e. The van der Waals surface area contributed by atoms with Crippen LogP contribution in [0, 0.1) is 5.82 Å². The Labute approximate surface area is 150 Å². The molecule has 2 aromatic carbocycles. The van der Waals surface area contributed by atoms with Gasteiger partial charge in [-0.3, -0.25) is 4.79 Å². The zero-order chi connectivity index (χ0) is 18.5. The first-order valence-corrected chi connectivity index (χ1v) is 8.13. The molecule has 0 aliphatic heterocycles. The summed E-state index contributed by atoms with van der Waals surface area (Å²) < 4.78 is 24.2. The normalized spacial score (nSPS) is 10.6. The van der Waals surface area contributed by atoms with E-state index in [0.29, 0.717) is 12.4 Å². The van der Waals surface area contributed by atoms with Crippen molar-refractivity contribution in [2.45, 2.75) is 13.5 Å². The Morgan fingerprint density at radius 1 is 1.19 bits per heavy atom. The molecule has 0 atom stereocenters. The first kappa shape index (κ1) is 17.6.